The molecule has 18 heavy (non-hydrogen) atoms. The summed E-state index contributed by atoms with van der Waals surface area (Å²) in [5.74, 6) is -0.449. The summed E-state index contributed by atoms with van der Waals surface area (Å²) in [7, 11) is 0. The number of pyridine rings is 1. The third-order valence-corrected chi connectivity index (χ3v) is 2.67. The van der Waals surface area contributed by atoms with Gasteiger partial charge in [-0.3, -0.25) is 4.79 Å². The van der Waals surface area contributed by atoms with Crippen molar-refractivity contribution in [3.8, 4) is 5.75 Å². The number of nitrogens with zero attached hydrogens (tertiary/aromatic N) is 1. The van der Waals surface area contributed by atoms with Crippen molar-refractivity contribution in [2.45, 2.75) is 0 Å². The van der Waals surface area contributed by atoms with E-state index in [1.807, 2.05) is 0 Å². The summed E-state index contributed by atoms with van der Waals surface area (Å²) in [6.45, 7) is 0. The second kappa shape index (κ2) is 5.25. The smallest absolute Gasteiger partial charge is 0.274 e. The summed E-state index contributed by atoms with van der Waals surface area (Å²) in [5.41, 5.74) is 0.663. The molecule has 2 rings (SSSR count). The molecule has 2 N–H and O–H groups in total. The van der Waals surface area contributed by atoms with Crippen molar-refractivity contribution >= 4 is 34.8 Å². The molecule has 0 aliphatic heterocycles. The summed E-state index contributed by atoms with van der Waals surface area (Å²) in [5, 5.41) is 12.3. The van der Waals surface area contributed by atoms with Gasteiger partial charge in [-0.05, 0) is 30.3 Å². The molecule has 6 heteroatoms. The molecule has 0 unspecified atom stereocenters. The molecule has 0 fully saturated rings. The van der Waals surface area contributed by atoms with Crippen LogP contribution < -0.4 is 5.32 Å². The van der Waals surface area contributed by atoms with Crippen LogP contribution in [0.3, 0.4) is 0 Å². The van der Waals surface area contributed by atoms with Crippen molar-refractivity contribution in [3.05, 3.63) is 52.3 Å². The van der Waals surface area contributed by atoms with Crippen LogP contribution in [-0.2, 0) is 0 Å². The molecule has 2 aromatic rings. The highest BCUT2D eigenvalue weighted by atomic mass is 35.5. The molecule has 0 atom stereocenters. The fourth-order valence-corrected chi connectivity index (χ4v) is 1.66. The van der Waals surface area contributed by atoms with Gasteiger partial charge in [0.25, 0.3) is 5.91 Å². The topological polar surface area (TPSA) is 62.2 Å². The molecule has 4 nitrogen and oxygen atoms in total. The second-order valence-corrected chi connectivity index (χ2v) is 4.26. The molecule has 0 aliphatic carbocycles. The van der Waals surface area contributed by atoms with E-state index in [1.165, 1.54) is 18.2 Å². The van der Waals surface area contributed by atoms with Crippen molar-refractivity contribution < 1.29 is 9.90 Å². The zero-order valence-electron chi connectivity index (χ0n) is 9.02. The van der Waals surface area contributed by atoms with Crippen LogP contribution in [0.25, 0.3) is 0 Å². The number of phenols is 1. The van der Waals surface area contributed by atoms with Crippen molar-refractivity contribution in [2.75, 3.05) is 5.32 Å². The first kappa shape index (κ1) is 12.7. The molecule has 1 aromatic carbocycles. The van der Waals surface area contributed by atoms with Gasteiger partial charge in [-0.1, -0.05) is 29.3 Å². The van der Waals surface area contributed by atoms with E-state index < -0.39 is 5.91 Å². The maximum atomic E-state index is 11.8. The van der Waals surface area contributed by atoms with E-state index >= 15 is 0 Å². The molecular formula is C12H8Cl2N2O2. The molecule has 0 spiro atoms. The number of carbonyl (C=O) groups excluding carboxylic acids is 1. The summed E-state index contributed by atoms with van der Waals surface area (Å²) in [4.78, 5) is 15.7. The highest BCUT2D eigenvalue weighted by molar-refractivity contribution is 6.32. The summed E-state index contributed by atoms with van der Waals surface area (Å²) in [6.07, 6.45) is 0. The van der Waals surface area contributed by atoms with Crippen molar-refractivity contribution in [2.24, 2.45) is 0 Å². The number of anilines is 1. The zero-order valence-corrected chi connectivity index (χ0v) is 10.5. The van der Waals surface area contributed by atoms with Gasteiger partial charge in [-0.15, -0.1) is 0 Å². The third kappa shape index (κ3) is 2.91. The fourth-order valence-electron chi connectivity index (χ4n) is 1.31. The highest BCUT2D eigenvalue weighted by Gasteiger charge is 2.09. The first-order valence-electron chi connectivity index (χ1n) is 4.98. The predicted octanol–water partition coefficient (Wildman–Crippen LogP) is 3.35. The number of hydrogen-bond acceptors (Lipinski definition) is 3. The number of hydrogen-bond donors (Lipinski definition) is 2. The SMILES string of the molecule is O=C(Nc1ccc(O)c(Cl)c1)c1cccc(Cl)n1. The van der Waals surface area contributed by atoms with Crippen molar-refractivity contribution in [3.63, 3.8) is 0 Å². The van der Waals surface area contributed by atoms with Gasteiger partial charge in [0.1, 0.15) is 16.6 Å². The monoisotopic (exact) mass is 282 g/mol. The quantitative estimate of drug-likeness (QED) is 0.656. The van der Waals surface area contributed by atoms with E-state index in [-0.39, 0.29) is 21.6 Å². The predicted molar refractivity (Wildman–Crippen MR) is 70.3 cm³/mol. The summed E-state index contributed by atoms with van der Waals surface area (Å²) in [6, 6.07) is 9.12. The van der Waals surface area contributed by atoms with Crippen LogP contribution in [0.1, 0.15) is 10.5 Å². The van der Waals surface area contributed by atoms with Gasteiger partial charge in [0.15, 0.2) is 0 Å². The Kier molecular flexibility index (Phi) is 3.69. The van der Waals surface area contributed by atoms with E-state index in [4.69, 9.17) is 23.2 Å². The molecule has 0 saturated heterocycles. The van der Waals surface area contributed by atoms with Gasteiger partial charge in [-0.2, -0.15) is 0 Å². The Bertz CT molecular complexity index is 602. The Hall–Kier alpha value is -1.78. The number of rotatable bonds is 2. The van der Waals surface area contributed by atoms with Crippen LogP contribution in [-0.4, -0.2) is 16.0 Å². The lowest BCUT2D eigenvalue weighted by Gasteiger charge is -2.06. The average molecular weight is 283 g/mol. The van der Waals surface area contributed by atoms with Gasteiger partial charge in [0, 0.05) is 5.69 Å². The molecule has 0 bridgehead atoms. The van der Waals surface area contributed by atoms with Crippen LogP contribution in [0, 0.1) is 0 Å². The molecule has 0 saturated carbocycles. The molecule has 92 valence electrons. The number of phenolic OH excluding ortho intramolecular Hbond substituents is 1. The van der Waals surface area contributed by atoms with Crippen LogP contribution in [0.2, 0.25) is 10.2 Å². The number of halogens is 2. The standard InChI is InChI=1S/C12H8Cl2N2O2/c13-8-6-7(4-5-10(8)17)15-12(18)9-2-1-3-11(14)16-9/h1-6,17H,(H,15,18). The Morgan fingerprint density at radius 2 is 2.00 bits per heavy atom. The van der Waals surface area contributed by atoms with E-state index in [2.05, 4.69) is 10.3 Å². The number of aromatic hydroxyl groups is 1. The van der Waals surface area contributed by atoms with Gasteiger partial charge < -0.3 is 10.4 Å². The molecule has 0 aliphatic rings. The number of aromatic nitrogens is 1. The van der Waals surface area contributed by atoms with Crippen LogP contribution in [0.15, 0.2) is 36.4 Å². The molecule has 1 amide bonds. The number of nitrogens with one attached hydrogen (secondary N) is 1. The minimum atomic E-state index is -0.403. The Balaban J connectivity index is 2.18. The van der Waals surface area contributed by atoms with E-state index in [9.17, 15) is 9.90 Å². The molecule has 0 radical (unpaired) electrons. The number of benzene rings is 1. The normalized spacial score (nSPS) is 10.1. The first-order valence-corrected chi connectivity index (χ1v) is 5.74. The largest absolute Gasteiger partial charge is 0.506 e. The lowest BCUT2D eigenvalue weighted by molar-refractivity contribution is 0.102. The van der Waals surface area contributed by atoms with Gasteiger partial charge in [-0.25, -0.2) is 4.98 Å². The average Bonchev–Trinajstić information content (AvgIpc) is 2.34. The maximum absolute atomic E-state index is 11.8. The van der Waals surface area contributed by atoms with Crippen LogP contribution >= 0.6 is 23.2 Å². The summed E-state index contributed by atoms with van der Waals surface area (Å²) >= 11 is 11.4. The Morgan fingerprint density at radius 3 is 2.67 bits per heavy atom. The summed E-state index contributed by atoms with van der Waals surface area (Å²) < 4.78 is 0. The zero-order chi connectivity index (χ0) is 13.1. The maximum Gasteiger partial charge on any atom is 0.274 e. The lowest BCUT2D eigenvalue weighted by Crippen LogP contribution is -2.13. The fraction of sp³-hybridized carbons (Fsp3) is 0. The van der Waals surface area contributed by atoms with Gasteiger partial charge >= 0.3 is 0 Å². The van der Waals surface area contributed by atoms with Crippen molar-refractivity contribution in [1.29, 1.82) is 0 Å². The first-order chi connectivity index (χ1) is 8.56. The molecular weight excluding hydrogens is 275 g/mol. The van der Waals surface area contributed by atoms with E-state index in [1.54, 1.807) is 18.2 Å². The van der Waals surface area contributed by atoms with Gasteiger partial charge in [0.2, 0.25) is 0 Å². The third-order valence-electron chi connectivity index (χ3n) is 2.15. The van der Waals surface area contributed by atoms with Gasteiger partial charge in [0.05, 0.1) is 5.02 Å². The van der Waals surface area contributed by atoms with Crippen LogP contribution in [0.4, 0.5) is 5.69 Å². The number of amides is 1. The van der Waals surface area contributed by atoms with E-state index in [0.717, 1.165) is 0 Å². The lowest BCUT2D eigenvalue weighted by atomic mass is 10.3. The van der Waals surface area contributed by atoms with E-state index in [0.29, 0.717) is 5.69 Å². The second-order valence-electron chi connectivity index (χ2n) is 3.47. The Labute approximate surface area is 113 Å². The number of carbonyl (C=O) groups is 1. The van der Waals surface area contributed by atoms with Crippen molar-refractivity contribution in [1.82, 2.24) is 4.98 Å². The Morgan fingerprint density at radius 1 is 1.22 bits per heavy atom. The highest BCUT2D eigenvalue weighted by Crippen LogP contribution is 2.26. The van der Waals surface area contributed by atoms with Crippen LogP contribution in [0.5, 0.6) is 5.75 Å². The molecule has 1 aromatic heterocycles. The molecule has 1 heterocycles. The minimum absolute atomic E-state index is 0.0458. The minimum Gasteiger partial charge on any atom is -0.506 e.